The van der Waals surface area contributed by atoms with E-state index < -0.39 is 0 Å². The molecule has 4 heteroatoms. The van der Waals surface area contributed by atoms with Gasteiger partial charge in [-0.2, -0.15) is 0 Å². The highest BCUT2D eigenvalue weighted by atomic mass is 79.9. The van der Waals surface area contributed by atoms with Crippen molar-refractivity contribution >= 4 is 15.9 Å². The van der Waals surface area contributed by atoms with Crippen molar-refractivity contribution in [2.24, 2.45) is 0 Å². The smallest absolute Gasteiger partial charge is 0.161 e. The summed E-state index contributed by atoms with van der Waals surface area (Å²) in [5.74, 6) is 2.50. The first kappa shape index (κ1) is 11.7. The third-order valence-electron chi connectivity index (χ3n) is 2.86. The van der Waals surface area contributed by atoms with Crippen LogP contribution in [0.4, 0.5) is 0 Å². The molecule has 0 N–H and O–H groups in total. The number of hydrogen-bond acceptors (Lipinski definition) is 3. The Morgan fingerprint density at radius 1 is 1.06 bits per heavy atom. The van der Waals surface area contributed by atoms with Gasteiger partial charge in [-0.1, -0.05) is 22.0 Å². The molecule has 1 atom stereocenters. The molecule has 0 amide bonds. The van der Waals surface area contributed by atoms with Crippen molar-refractivity contribution in [1.82, 2.24) is 0 Å². The number of furan rings is 1. The first-order valence-corrected chi connectivity index (χ1v) is 6.83. The van der Waals surface area contributed by atoms with Gasteiger partial charge in [0.2, 0.25) is 0 Å². The number of alkyl halides is 1. The zero-order valence-electron chi connectivity index (χ0n) is 9.77. The third kappa shape index (κ3) is 2.25. The maximum absolute atomic E-state index is 5.68. The van der Waals surface area contributed by atoms with E-state index in [1.807, 2.05) is 30.3 Å². The molecule has 0 bridgehead atoms. The van der Waals surface area contributed by atoms with E-state index in [9.17, 15) is 0 Å². The second-order valence-electron chi connectivity index (χ2n) is 4.13. The van der Waals surface area contributed by atoms with Crippen LogP contribution in [-0.4, -0.2) is 13.2 Å². The lowest BCUT2D eigenvalue weighted by atomic mass is 10.1. The summed E-state index contributed by atoms with van der Waals surface area (Å²) in [5, 5.41) is 0. The molecule has 1 aromatic heterocycles. The van der Waals surface area contributed by atoms with E-state index in [0.717, 1.165) is 29.2 Å². The molecule has 2 heterocycles. The molecule has 94 valence electrons. The molecule has 0 aliphatic carbocycles. The normalized spacial score (nSPS) is 16.1. The fourth-order valence-corrected chi connectivity index (χ4v) is 2.48. The Balaban J connectivity index is 1.92. The molecule has 3 rings (SSSR count). The van der Waals surface area contributed by atoms with Crippen LogP contribution in [0.5, 0.6) is 11.5 Å². The molecule has 0 saturated heterocycles. The number of rotatable bonds is 2. The first-order valence-electron chi connectivity index (χ1n) is 5.91. The van der Waals surface area contributed by atoms with Crippen molar-refractivity contribution in [3.8, 4) is 11.5 Å². The minimum atomic E-state index is 0.0321. The lowest BCUT2D eigenvalue weighted by molar-refractivity contribution is 0.297. The number of ether oxygens (including phenoxy) is 2. The lowest BCUT2D eigenvalue weighted by Gasteiger charge is -2.12. The molecule has 1 unspecified atom stereocenters. The molecule has 1 aromatic carbocycles. The van der Waals surface area contributed by atoms with Gasteiger partial charge in [-0.15, -0.1) is 0 Å². The van der Waals surface area contributed by atoms with Crippen LogP contribution in [0.15, 0.2) is 41.0 Å². The van der Waals surface area contributed by atoms with Crippen molar-refractivity contribution in [3.63, 3.8) is 0 Å². The van der Waals surface area contributed by atoms with Crippen LogP contribution in [0, 0.1) is 0 Å². The van der Waals surface area contributed by atoms with Gasteiger partial charge in [0.15, 0.2) is 11.5 Å². The Hall–Kier alpha value is -1.42. The molecule has 1 aliphatic heterocycles. The SMILES string of the molecule is BrC(c1ccc2c(c1)OCCCO2)c1ccco1. The van der Waals surface area contributed by atoms with E-state index in [4.69, 9.17) is 13.9 Å². The zero-order valence-corrected chi connectivity index (χ0v) is 11.4. The molecule has 2 aromatic rings. The van der Waals surface area contributed by atoms with E-state index in [1.165, 1.54) is 0 Å². The second kappa shape index (κ2) is 5.06. The van der Waals surface area contributed by atoms with Gasteiger partial charge in [0.05, 0.1) is 24.3 Å². The van der Waals surface area contributed by atoms with Crippen molar-refractivity contribution in [2.75, 3.05) is 13.2 Å². The maximum atomic E-state index is 5.68. The highest BCUT2D eigenvalue weighted by Crippen LogP contribution is 2.37. The van der Waals surface area contributed by atoms with E-state index in [2.05, 4.69) is 15.9 Å². The van der Waals surface area contributed by atoms with Crippen LogP contribution in [0.3, 0.4) is 0 Å². The fourth-order valence-electron chi connectivity index (χ4n) is 1.94. The van der Waals surface area contributed by atoms with E-state index in [0.29, 0.717) is 13.2 Å². The Kier molecular flexibility index (Phi) is 3.28. The predicted molar refractivity (Wildman–Crippen MR) is 71.5 cm³/mol. The average Bonchev–Trinajstić information content (AvgIpc) is 2.83. The molecule has 0 saturated carbocycles. The number of benzene rings is 1. The van der Waals surface area contributed by atoms with Gasteiger partial charge < -0.3 is 13.9 Å². The van der Waals surface area contributed by atoms with Crippen molar-refractivity contribution < 1.29 is 13.9 Å². The summed E-state index contributed by atoms with van der Waals surface area (Å²) in [5.41, 5.74) is 1.09. The summed E-state index contributed by atoms with van der Waals surface area (Å²) >= 11 is 3.63. The van der Waals surface area contributed by atoms with Crippen LogP contribution in [-0.2, 0) is 0 Å². The summed E-state index contributed by atoms with van der Waals surface area (Å²) in [6.45, 7) is 1.41. The highest BCUT2D eigenvalue weighted by Gasteiger charge is 2.17. The topological polar surface area (TPSA) is 31.6 Å². The van der Waals surface area contributed by atoms with Gasteiger partial charge in [-0.3, -0.25) is 0 Å². The molecule has 3 nitrogen and oxygen atoms in total. The fraction of sp³-hybridized carbons (Fsp3) is 0.286. The van der Waals surface area contributed by atoms with Gasteiger partial charge in [-0.05, 0) is 29.8 Å². The first-order chi connectivity index (χ1) is 8.84. The van der Waals surface area contributed by atoms with Gasteiger partial charge in [0, 0.05) is 6.42 Å². The maximum Gasteiger partial charge on any atom is 0.161 e. The Morgan fingerprint density at radius 3 is 2.67 bits per heavy atom. The molecule has 0 spiro atoms. The molecule has 18 heavy (non-hydrogen) atoms. The van der Waals surface area contributed by atoms with Gasteiger partial charge in [-0.25, -0.2) is 0 Å². The predicted octanol–water partition coefficient (Wildman–Crippen LogP) is 3.93. The van der Waals surface area contributed by atoms with Crippen molar-refractivity contribution in [3.05, 3.63) is 47.9 Å². The quantitative estimate of drug-likeness (QED) is 0.788. The number of hydrogen-bond donors (Lipinski definition) is 0. The van der Waals surface area contributed by atoms with Crippen LogP contribution < -0.4 is 9.47 Å². The van der Waals surface area contributed by atoms with Crippen LogP contribution in [0.25, 0.3) is 0 Å². The van der Waals surface area contributed by atoms with Gasteiger partial charge >= 0.3 is 0 Å². The third-order valence-corrected chi connectivity index (χ3v) is 3.84. The molecule has 0 radical (unpaired) electrons. The summed E-state index contributed by atoms with van der Waals surface area (Å²) in [7, 11) is 0. The molecular formula is C14H13BrO3. The molecular weight excluding hydrogens is 296 g/mol. The molecule has 1 aliphatic rings. The Bertz CT molecular complexity index is 522. The average molecular weight is 309 g/mol. The monoisotopic (exact) mass is 308 g/mol. The number of halogens is 1. The van der Waals surface area contributed by atoms with Crippen LogP contribution in [0.2, 0.25) is 0 Å². The second-order valence-corrected chi connectivity index (χ2v) is 5.05. The van der Waals surface area contributed by atoms with Gasteiger partial charge in [0.1, 0.15) is 5.76 Å². The zero-order chi connectivity index (χ0) is 12.4. The minimum absolute atomic E-state index is 0.0321. The summed E-state index contributed by atoms with van der Waals surface area (Å²) in [6.07, 6.45) is 2.59. The summed E-state index contributed by atoms with van der Waals surface area (Å²) < 4.78 is 16.7. The highest BCUT2D eigenvalue weighted by molar-refractivity contribution is 9.09. The minimum Gasteiger partial charge on any atom is -0.490 e. The number of fused-ring (bicyclic) bond motifs is 1. The summed E-state index contributed by atoms with van der Waals surface area (Å²) in [6, 6.07) is 9.81. The van der Waals surface area contributed by atoms with Gasteiger partial charge in [0.25, 0.3) is 0 Å². The Labute approximate surface area is 114 Å². The van der Waals surface area contributed by atoms with Crippen molar-refractivity contribution in [2.45, 2.75) is 11.2 Å². The lowest BCUT2D eigenvalue weighted by Crippen LogP contribution is -1.97. The standard InChI is InChI=1S/C14H13BrO3/c15-14(12-3-1-6-17-12)10-4-5-11-13(9-10)18-8-2-7-16-11/h1,3-6,9,14H,2,7-8H2. The largest absolute Gasteiger partial charge is 0.490 e. The molecule has 0 fully saturated rings. The Morgan fingerprint density at radius 2 is 1.89 bits per heavy atom. The van der Waals surface area contributed by atoms with Crippen LogP contribution in [0.1, 0.15) is 22.6 Å². The summed E-state index contributed by atoms with van der Waals surface area (Å²) in [4.78, 5) is 0.0321. The van der Waals surface area contributed by atoms with E-state index >= 15 is 0 Å². The van der Waals surface area contributed by atoms with Crippen LogP contribution >= 0.6 is 15.9 Å². The van der Waals surface area contributed by atoms with Crippen molar-refractivity contribution in [1.29, 1.82) is 0 Å². The van der Waals surface area contributed by atoms with E-state index in [-0.39, 0.29) is 4.83 Å². The van der Waals surface area contributed by atoms with E-state index in [1.54, 1.807) is 6.26 Å².